The van der Waals surface area contributed by atoms with Crippen molar-refractivity contribution in [3.05, 3.63) is 23.4 Å². The van der Waals surface area contributed by atoms with Gasteiger partial charge in [-0.15, -0.1) is 0 Å². The second-order valence-electron chi connectivity index (χ2n) is 5.57. The topological polar surface area (TPSA) is 37.0 Å². The average Bonchev–Trinajstić information content (AvgIpc) is 2.48. The summed E-state index contributed by atoms with van der Waals surface area (Å²) >= 11 is 11.1. The maximum absolute atomic E-state index is 5.80. The highest BCUT2D eigenvalue weighted by molar-refractivity contribution is 7.80. The number of pyridine rings is 1. The van der Waals surface area contributed by atoms with E-state index in [1.165, 1.54) is 32.1 Å². The predicted octanol–water partition coefficient (Wildman–Crippen LogP) is 4.24. The van der Waals surface area contributed by atoms with Crippen LogP contribution in [0.15, 0.2) is 18.3 Å². The highest BCUT2D eigenvalue weighted by Crippen LogP contribution is 2.29. The van der Waals surface area contributed by atoms with Gasteiger partial charge in [-0.3, -0.25) is 0 Å². The van der Waals surface area contributed by atoms with Gasteiger partial charge in [0.25, 0.3) is 0 Å². The zero-order chi connectivity index (χ0) is 14.4. The number of nitrogens with one attached hydrogen (secondary N) is 2. The van der Waals surface area contributed by atoms with E-state index in [4.69, 9.17) is 23.8 Å². The summed E-state index contributed by atoms with van der Waals surface area (Å²) < 4.78 is 0. The molecule has 1 saturated carbocycles. The SMILES string of the molecule is C[C@@H](CNC(=S)Nc1ccc(Cl)cn1)C1CCCCC1. The summed E-state index contributed by atoms with van der Waals surface area (Å²) in [7, 11) is 0. The van der Waals surface area contributed by atoms with E-state index in [1.54, 1.807) is 12.3 Å². The number of aromatic nitrogens is 1. The molecule has 0 saturated heterocycles. The minimum atomic E-state index is 0.625. The number of thiocarbonyl (C=S) groups is 1. The molecule has 3 nitrogen and oxygen atoms in total. The van der Waals surface area contributed by atoms with Gasteiger partial charge in [0.1, 0.15) is 5.82 Å². The van der Waals surface area contributed by atoms with Crippen molar-refractivity contribution in [3.63, 3.8) is 0 Å². The highest BCUT2D eigenvalue weighted by atomic mass is 35.5. The Labute approximate surface area is 131 Å². The van der Waals surface area contributed by atoms with Crippen molar-refractivity contribution in [1.82, 2.24) is 10.3 Å². The summed E-state index contributed by atoms with van der Waals surface area (Å²) in [5.74, 6) is 2.22. The normalized spacial score (nSPS) is 17.5. The molecule has 0 aromatic carbocycles. The van der Waals surface area contributed by atoms with Crippen molar-refractivity contribution in [2.24, 2.45) is 11.8 Å². The lowest BCUT2D eigenvalue weighted by Crippen LogP contribution is -2.35. The van der Waals surface area contributed by atoms with Gasteiger partial charge in [-0.1, -0.05) is 50.6 Å². The molecule has 1 heterocycles. The molecule has 0 radical (unpaired) electrons. The van der Waals surface area contributed by atoms with Crippen molar-refractivity contribution < 1.29 is 0 Å². The summed E-state index contributed by atoms with van der Waals surface area (Å²) in [5, 5.41) is 7.62. The largest absolute Gasteiger partial charge is 0.362 e. The van der Waals surface area contributed by atoms with Crippen LogP contribution in [0.2, 0.25) is 5.02 Å². The number of hydrogen-bond donors (Lipinski definition) is 2. The monoisotopic (exact) mass is 311 g/mol. The first-order chi connectivity index (χ1) is 9.65. The number of nitrogens with zero attached hydrogens (tertiary/aromatic N) is 1. The van der Waals surface area contributed by atoms with Crippen LogP contribution in [0.3, 0.4) is 0 Å². The molecule has 1 aromatic rings. The maximum atomic E-state index is 5.80. The van der Waals surface area contributed by atoms with E-state index in [-0.39, 0.29) is 0 Å². The van der Waals surface area contributed by atoms with E-state index in [9.17, 15) is 0 Å². The van der Waals surface area contributed by atoms with Gasteiger partial charge in [0.05, 0.1) is 5.02 Å². The molecule has 0 aliphatic heterocycles. The first kappa shape index (κ1) is 15.5. The molecule has 0 unspecified atom stereocenters. The van der Waals surface area contributed by atoms with E-state index in [0.717, 1.165) is 18.3 Å². The molecule has 1 aliphatic rings. The third-order valence-electron chi connectivity index (χ3n) is 4.01. The lowest BCUT2D eigenvalue weighted by molar-refractivity contribution is 0.264. The Morgan fingerprint density at radius 1 is 1.40 bits per heavy atom. The Kier molecular flexibility index (Phi) is 6.05. The van der Waals surface area contributed by atoms with Gasteiger partial charge >= 0.3 is 0 Å². The molecule has 110 valence electrons. The van der Waals surface area contributed by atoms with Gasteiger partial charge in [-0.25, -0.2) is 4.98 Å². The molecule has 5 heteroatoms. The Balaban J connectivity index is 1.72. The molecule has 1 aliphatic carbocycles. The van der Waals surface area contributed by atoms with E-state index in [0.29, 0.717) is 16.1 Å². The molecule has 1 aromatic heterocycles. The summed E-state index contributed by atoms with van der Waals surface area (Å²) in [5.41, 5.74) is 0. The smallest absolute Gasteiger partial charge is 0.171 e. The molecule has 0 amide bonds. The van der Waals surface area contributed by atoms with Crippen molar-refractivity contribution >= 4 is 34.7 Å². The first-order valence-electron chi connectivity index (χ1n) is 7.31. The molecular weight excluding hydrogens is 290 g/mol. The predicted molar refractivity (Wildman–Crippen MR) is 89.2 cm³/mol. The van der Waals surface area contributed by atoms with Crippen LogP contribution in [0.1, 0.15) is 39.0 Å². The van der Waals surface area contributed by atoms with E-state index >= 15 is 0 Å². The van der Waals surface area contributed by atoms with Gasteiger partial charge in [-0.05, 0) is 36.2 Å². The Morgan fingerprint density at radius 2 is 2.15 bits per heavy atom. The van der Waals surface area contributed by atoms with Crippen molar-refractivity contribution in [2.45, 2.75) is 39.0 Å². The van der Waals surface area contributed by atoms with Gasteiger partial charge in [-0.2, -0.15) is 0 Å². The quantitative estimate of drug-likeness (QED) is 0.816. The lowest BCUT2D eigenvalue weighted by Gasteiger charge is -2.28. The van der Waals surface area contributed by atoms with Gasteiger partial charge < -0.3 is 10.6 Å². The van der Waals surface area contributed by atoms with Crippen LogP contribution in [-0.4, -0.2) is 16.6 Å². The zero-order valence-corrected chi connectivity index (χ0v) is 13.4. The second-order valence-corrected chi connectivity index (χ2v) is 6.42. The number of hydrogen-bond acceptors (Lipinski definition) is 2. The van der Waals surface area contributed by atoms with Crippen molar-refractivity contribution in [3.8, 4) is 0 Å². The number of anilines is 1. The fourth-order valence-electron chi connectivity index (χ4n) is 2.73. The molecule has 1 atom stereocenters. The second kappa shape index (κ2) is 7.79. The fourth-order valence-corrected chi connectivity index (χ4v) is 3.03. The zero-order valence-electron chi connectivity index (χ0n) is 11.9. The van der Waals surface area contributed by atoms with Crippen LogP contribution < -0.4 is 10.6 Å². The third kappa shape index (κ3) is 4.91. The number of rotatable bonds is 4. The van der Waals surface area contributed by atoms with Crippen LogP contribution in [0.25, 0.3) is 0 Å². The molecule has 1 fully saturated rings. The van der Waals surface area contributed by atoms with Crippen molar-refractivity contribution in [1.29, 1.82) is 0 Å². The summed E-state index contributed by atoms with van der Waals surface area (Å²) in [6.07, 6.45) is 8.50. The highest BCUT2D eigenvalue weighted by Gasteiger charge is 2.19. The lowest BCUT2D eigenvalue weighted by atomic mass is 9.81. The van der Waals surface area contributed by atoms with Crippen LogP contribution in [0, 0.1) is 11.8 Å². The summed E-state index contributed by atoms with van der Waals surface area (Å²) in [6.45, 7) is 3.23. The van der Waals surface area contributed by atoms with Crippen LogP contribution >= 0.6 is 23.8 Å². The van der Waals surface area contributed by atoms with Crippen LogP contribution in [-0.2, 0) is 0 Å². The van der Waals surface area contributed by atoms with Crippen LogP contribution in [0.5, 0.6) is 0 Å². The summed E-state index contributed by atoms with van der Waals surface area (Å²) in [4.78, 5) is 4.16. The first-order valence-corrected chi connectivity index (χ1v) is 8.10. The minimum absolute atomic E-state index is 0.625. The minimum Gasteiger partial charge on any atom is -0.362 e. The average molecular weight is 312 g/mol. The third-order valence-corrected chi connectivity index (χ3v) is 4.48. The van der Waals surface area contributed by atoms with Gasteiger partial charge in [0, 0.05) is 12.7 Å². The Morgan fingerprint density at radius 3 is 2.80 bits per heavy atom. The fraction of sp³-hybridized carbons (Fsp3) is 0.600. The van der Waals surface area contributed by atoms with Crippen molar-refractivity contribution in [2.75, 3.05) is 11.9 Å². The van der Waals surface area contributed by atoms with Gasteiger partial charge in [0.15, 0.2) is 5.11 Å². The number of halogens is 1. The standard InChI is InChI=1S/C15H22ClN3S/c1-11(12-5-3-2-4-6-12)9-18-15(20)19-14-8-7-13(16)10-17-14/h7-8,10-12H,2-6,9H2,1H3,(H2,17,18,19,20)/t11-/m0/s1. The molecule has 20 heavy (non-hydrogen) atoms. The molecular formula is C15H22ClN3S. The summed E-state index contributed by atoms with van der Waals surface area (Å²) in [6, 6.07) is 3.62. The van der Waals surface area contributed by atoms with E-state index < -0.39 is 0 Å². The van der Waals surface area contributed by atoms with Gasteiger partial charge in [0.2, 0.25) is 0 Å². The Hall–Kier alpha value is -0.870. The Bertz CT molecular complexity index is 429. The molecule has 0 bridgehead atoms. The van der Waals surface area contributed by atoms with E-state index in [1.807, 2.05) is 6.07 Å². The molecule has 0 spiro atoms. The maximum Gasteiger partial charge on any atom is 0.171 e. The van der Waals surface area contributed by atoms with Crippen LogP contribution in [0.4, 0.5) is 5.82 Å². The molecule has 2 rings (SSSR count). The van der Waals surface area contributed by atoms with E-state index in [2.05, 4.69) is 22.5 Å². The molecule has 2 N–H and O–H groups in total.